The van der Waals surface area contributed by atoms with E-state index in [1.165, 1.54) is 13.4 Å². The molecule has 1 rings (SSSR count). The molecule has 0 aliphatic rings. The maximum atomic E-state index is 11.0. The van der Waals surface area contributed by atoms with Crippen molar-refractivity contribution in [3.63, 3.8) is 0 Å². The average molecular weight is 219 g/mol. The van der Waals surface area contributed by atoms with Crippen LogP contribution in [0.15, 0.2) is 18.7 Å². The van der Waals surface area contributed by atoms with Gasteiger partial charge in [-0.1, -0.05) is 11.8 Å². The predicted octanol–water partition coefficient (Wildman–Crippen LogP) is 0.963. The topological polar surface area (TPSA) is 64.1 Å². The molecule has 0 bridgehead atoms. The zero-order chi connectivity index (χ0) is 12.0. The van der Waals surface area contributed by atoms with Crippen LogP contribution in [0.3, 0.4) is 0 Å². The van der Waals surface area contributed by atoms with E-state index in [4.69, 9.17) is 4.74 Å². The van der Waals surface area contributed by atoms with Crippen molar-refractivity contribution in [1.82, 2.24) is 15.3 Å². The lowest BCUT2D eigenvalue weighted by atomic mass is 10.1. The second-order valence-corrected chi connectivity index (χ2v) is 3.53. The van der Waals surface area contributed by atoms with Crippen LogP contribution in [0.25, 0.3) is 0 Å². The molecule has 0 aliphatic carbocycles. The molecule has 0 spiro atoms. The molecule has 1 aromatic heterocycles. The number of carbonyl (C=O) groups is 1. The maximum Gasteiger partial charge on any atom is 0.408 e. The Kier molecular flexibility index (Phi) is 3.84. The number of nitrogens with one attached hydrogen (secondary N) is 1. The third-order valence-electron chi connectivity index (χ3n) is 1.62. The fourth-order valence-electron chi connectivity index (χ4n) is 0.895. The van der Waals surface area contributed by atoms with Crippen molar-refractivity contribution in [1.29, 1.82) is 0 Å². The Labute approximate surface area is 94.2 Å². The van der Waals surface area contributed by atoms with Gasteiger partial charge in [0.1, 0.15) is 6.33 Å². The molecule has 1 N–H and O–H groups in total. The highest BCUT2D eigenvalue weighted by Gasteiger charge is 2.18. The largest absolute Gasteiger partial charge is 0.430 e. The minimum absolute atomic E-state index is 0.511. The molecule has 84 valence electrons. The van der Waals surface area contributed by atoms with Gasteiger partial charge < -0.3 is 10.1 Å². The highest BCUT2D eigenvalue weighted by atomic mass is 16.6. The van der Waals surface area contributed by atoms with Gasteiger partial charge in [0.25, 0.3) is 0 Å². The summed E-state index contributed by atoms with van der Waals surface area (Å²) in [6, 6.07) is 0. The Morgan fingerprint density at radius 1 is 1.44 bits per heavy atom. The lowest BCUT2D eigenvalue weighted by Gasteiger charge is -2.17. The van der Waals surface area contributed by atoms with E-state index in [2.05, 4.69) is 27.1 Å². The summed E-state index contributed by atoms with van der Waals surface area (Å²) in [5.74, 6) is 5.66. The van der Waals surface area contributed by atoms with Crippen molar-refractivity contribution in [2.24, 2.45) is 0 Å². The molecule has 0 atom stereocenters. The summed E-state index contributed by atoms with van der Waals surface area (Å²) in [5, 5.41) is 2.37. The van der Waals surface area contributed by atoms with Gasteiger partial charge in [0, 0.05) is 19.4 Å². The zero-order valence-electron chi connectivity index (χ0n) is 9.44. The van der Waals surface area contributed by atoms with Crippen molar-refractivity contribution in [2.75, 3.05) is 7.05 Å². The van der Waals surface area contributed by atoms with Gasteiger partial charge in [0.05, 0.1) is 5.56 Å². The molecule has 16 heavy (non-hydrogen) atoms. The number of carbonyl (C=O) groups excluding carboxylic acids is 1. The number of amides is 1. The van der Waals surface area contributed by atoms with E-state index >= 15 is 0 Å². The lowest BCUT2D eigenvalue weighted by Crippen LogP contribution is -2.31. The van der Waals surface area contributed by atoms with Crippen LogP contribution in [-0.4, -0.2) is 28.7 Å². The molecular weight excluding hydrogens is 206 g/mol. The average Bonchev–Trinajstić information content (AvgIpc) is 2.27. The second-order valence-electron chi connectivity index (χ2n) is 3.53. The van der Waals surface area contributed by atoms with Gasteiger partial charge >= 0.3 is 6.09 Å². The van der Waals surface area contributed by atoms with Crippen molar-refractivity contribution in [3.05, 3.63) is 24.3 Å². The van der Waals surface area contributed by atoms with Gasteiger partial charge in [-0.25, -0.2) is 14.8 Å². The van der Waals surface area contributed by atoms with Crippen molar-refractivity contribution in [2.45, 2.75) is 19.4 Å². The Balaban J connectivity index is 2.73. The summed E-state index contributed by atoms with van der Waals surface area (Å²) >= 11 is 0. The second kappa shape index (κ2) is 5.12. The van der Waals surface area contributed by atoms with Crippen LogP contribution in [0.5, 0.6) is 0 Å². The van der Waals surface area contributed by atoms with Gasteiger partial charge in [-0.05, 0) is 13.8 Å². The van der Waals surface area contributed by atoms with Crippen LogP contribution >= 0.6 is 0 Å². The van der Waals surface area contributed by atoms with Crippen molar-refractivity contribution in [3.8, 4) is 11.8 Å². The Morgan fingerprint density at radius 2 is 2.06 bits per heavy atom. The Morgan fingerprint density at radius 3 is 2.62 bits per heavy atom. The standard InChI is InChI=1S/C11H13N3O2/c1-11(2,16-10(15)12-3)5-4-9-6-13-8-14-7-9/h6-8H,1-3H3,(H,12,15). The van der Waals surface area contributed by atoms with Crippen molar-refractivity contribution < 1.29 is 9.53 Å². The summed E-state index contributed by atoms with van der Waals surface area (Å²) in [4.78, 5) is 18.7. The van der Waals surface area contributed by atoms with Gasteiger partial charge in [-0.15, -0.1) is 0 Å². The predicted molar refractivity (Wildman–Crippen MR) is 58.5 cm³/mol. The fraction of sp³-hybridized carbons (Fsp3) is 0.364. The van der Waals surface area contributed by atoms with E-state index in [0.29, 0.717) is 5.56 Å². The van der Waals surface area contributed by atoms with Crippen LogP contribution in [0.1, 0.15) is 19.4 Å². The number of alkyl carbamates (subject to hydrolysis) is 1. The number of ether oxygens (including phenoxy) is 1. The molecule has 1 heterocycles. The summed E-state index contributed by atoms with van der Waals surface area (Å²) in [7, 11) is 1.50. The van der Waals surface area contributed by atoms with E-state index in [9.17, 15) is 4.79 Å². The molecule has 1 amide bonds. The highest BCUT2D eigenvalue weighted by molar-refractivity contribution is 5.67. The van der Waals surface area contributed by atoms with E-state index < -0.39 is 11.7 Å². The fourth-order valence-corrected chi connectivity index (χ4v) is 0.895. The summed E-state index contributed by atoms with van der Waals surface area (Å²) < 4.78 is 5.04. The first-order valence-corrected chi connectivity index (χ1v) is 4.72. The molecule has 1 aromatic rings. The number of nitrogens with zero attached hydrogens (tertiary/aromatic N) is 2. The number of rotatable bonds is 1. The van der Waals surface area contributed by atoms with Gasteiger partial charge in [0.15, 0.2) is 5.60 Å². The lowest BCUT2D eigenvalue weighted by molar-refractivity contribution is 0.0799. The SMILES string of the molecule is CNC(=O)OC(C)(C)C#Cc1cncnc1. The number of hydrogen-bond acceptors (Lipinski definition) is 4. The monoisotopic (exact) mass is 219 g/mol. The molecule has 0 saturated heterocycles. The van der Waals surface area contributed by atoms with E-state index in [1.807, 2.05) is 0 Å². The third kappa shape index (κ3) is 3.96. The first-order chi connectivity index (χ1) is 7.53. The third-order valence-corrected chi connectivity index (χ3v) is 1.62. The van der Waals surface area contributed by atoms with Crippen LogP contribution in [-0.2, 0) is 4.74 Å². The molecule has 0 aliphatic heterocycles. The first-order valence-electron chi connectivity index (χ1n) is 4.72. The van der Waals surface area contributed by atoms with Crippen LogP contribution < -0.4 is 5.32 Å². The summed E-state index contributed by atoms with van der Waals surface area (Å²) in [5.41, 5.74) is -0.174. The summed E-state index contributed by atoms with van der Waals surface area (Å²) in [6.45, 7) is 3.41. The zero-order valence-corrected chi connectivity index (χ0v) is 9.44. The van der Waals surface area contributed by atoms with E-state index in [1.54, 1.807) is 26.2 Å². The maximum absolute atomic E-state index is 11.0. The minimum Gasteiger partial charge on any atom is -0.430 e. The number of hydrogen-bond donors (Lipinski definition) is 1. The molecular formula is C11H13N3O2. The molecule has 5 heteroatoms. The van der Waals surface area contributed by atoms with Crippen LogP contribution in [0.4, 0.5) is 4.79 Å². The van der Waals surface area contributed by atoms with E-state index in [-0.39, 0.29) is 0 Å². The number of aromatic nitrogens is 2. The smallest absolute Gasteiger partial charge is 0.408 e. The van der Waals surface area contributed by atoms with Gasteiger partial charge in [0.2, 0.25) is 0 Å². The van der Waals surface area contributed by atoms with Gasteiger partial charge in [-0.2, -0.15) is 0 Å². The molecule has 0 radical (unpaired) electrons. The Hall–Kier alpha value is -2.09. The highest BCUT2D eigenvalue weighted by Crippen LogP contribution is 2.07. The molecule has 0 unspecified atom stereocenters. The van der Waals surface area contributed by atoms with E-state index in [0.717, 1.165) is 0 Å². The Bertz CT molecular complexity index is 418. The van der Waals surface area contributed by atoms with Gasteiger partial charge in [-0.3, -0.25) is 0 Å². The van der Waals surface area contributed by atoms with Crippen LogP contribution in [0.2, 0.25) is 0 Å². The molecule has 0 saturated carbocycles. The minimum atomic E-state index is -0.851. The molecule has 0 aromatic carbocycles. The van der Waals surface area contributed by atoms with Crippen LogP contribution in [0, 0.1) is 11.8 Å². The first kappa shape index (κ1) is 12.0. The normalized spacial score (nSPS) is 9.94. The summed E-state index contributed by atoms with van der Waals surface area (Å²) in [6.07, 6.45) is 4.10. The quantitative estimate of drug-likeness (QED) is 0.714. The molecule has 5 nitrogen and oxygen atoms in total. The van der Waals surface area contributed by atoms with Crippen molar-refractivity contribution >= 4 is 6.09 Å². The molecule has 0 fully saturated rings.